The Hall–Kier alpha value is 1.98. The van der Waals surface area contributed by atoms with Gasteiger partial charge in [0.05, 0.1) is 22.7 Å². The number of halogens is 6. The summed E-state index contributed by atoms with van der Waals surface area (Å²) >= 11 is 27.6. The average Bonchev–Trinajstić information content (AvgIpc) is 2.96. The first kappa shape index (κ1) is 16.4. The molecule has 0 spiro atoms. The molecule has 4 aromatic rings. The molecule has 0 bridgehead atoms. The molecule has 0 N–H and O–H groups in total. The minimum absolute atomic E-state index is 1.15. The zero-order valence-electron chi connectivity index (χ0n) is 9.49. The molecule has 0 saturated carbocycles. The molecule has 0 aliphatic carbocycles. The van der Waals surface area contributed by atoms with Gasteiger partial charge in [0.1, 0.15) is 0 Å². The fourth-order valence-corrected chi connectivity index (χ4v) is 12.0. The number of fused-ring (bicyclic) bond motifs is 6. The molecule has 4 rings (SSSR count). The van der Waals surface area contributed by atoms with Gasteiger partial charge < -0.3 is 0 Å². The maximum Gasteiger partial charge on any atom is 0.0796 e. The van der Waals surface area contributed by atoms with E-state index in [9.17, 15) is 0 Å². The van der Waals surface area contributed by atoms with Gasteiger partial charge in [-0.05, 0) is 95.6 Å². The van der Waals surface area contributed by atoms with Gasteiger partial charge in [-0.2, -0.15) is 0 Å². The summed E-state index contributed by atoms with van der Waals surface area (Å²) < 4.78 is 6.90. The molecule has 0 saturated heterocycles. The van der Waals surface area contributed by atoms with Crippen LogP contribution in [0.15, 0.2) is 22.7 Å². The number of hydrogen-bond acceptors (Lipinski definition) is 3. The number of benzene rings is 1. The molecule has 0 nitrogen and oxygen atoms in total. The highest BCUT2D eigenvalue weighted by molar-refractivity contribution is 9.13. The van der Waals surface area contributed by atoms with E-state index in [1.165, 1.54) is 32.3 Å². The lowest BCUT2D eigenvalue weighted by molar-refractivity contribution is 2.04. The lowest BCUT2D eigenvalue weighted by atomic mass is 10.0. The van der Waals surface area contributed by atoms with Gasteiger partial charge in [-0.1, -0.05) is 0 Å². The Labute approximate surface area is 182 Å². The second-order valence-corrected chi connectivity index (χ2v) is 15.2. The largest absolute Gasteiger partial charge is 0.120 e. The van der Waals surface area contributed by atoms with Crippen LogP contribution in [0.3, 0.4) is 0 Å². The van der Waals surface area contributed by atoms with Gasteiger partial charge in [-0.3, -0.25) is 0 Å². The third-order valence-electron chi connectivity index (χ3n) is 3.22. The highest BCUT2D eigenvalue weighted by atomic mass is 79.9. The van der Waals surface area contributed by atoms with Crippen LogP contribution in [0, 0.1) is 0 Å². The first-order valence-corrected chi connectivity index (χ1v) is 12.6. The van der Waals surface area contributed by atoms with Crippen molar-refractivity contribution in [2.24, 2.45) is 0 Å². The predicted octanol–water partition coefficient (Wildman–Crippen LogP) is 9.91. The Morgan fingerprint density at radius 3 is 0.619 bits per heavy atom. The summed E-state index contributed by atoms with van der Waals surface area (Å²) in [5.41, 5.74) is 0. The molecule has 0 radical (unpaired) electrons. The van der Waals surface area contributed by atoms with Crippen LogP contribution in [-0.4, -0.2) is 0 Å². The normalized spacial score (nSPS) is 12.3. The lowest BCUT2D eigenvalue weighted by Gasteiger charge is -2.03. The molecule has 0 fully saturated rings. The summed E-state index contributed by atoms with van der Waals surface area (Å²) in [6.07, 6.45) is 0. The van der Waals surface area contributed by atoms with E-state index in [0.717, 1.165) is 22.7 Å². The van der Waals surface area contributed by atoms with Crippen molar-refractivity contribution in [1.82, 2.24) is 0 Å². The maximum atomic E-state index is 3.73. The van der Waals surface area contributed by atoms with Crippen LogP contribution in [0.4, 0.5) is 0 Å². The van der Waals surface area contributed by atoms with Crippen molar-refractivity contribution in [3.05, 3.63) is 22.7 Å². The molecule has 0 aliphatic rings. The van der Waals surface area contributed by atoms with Crippen molar-refractivity contribution in [2.75, 3.05) is 0 Å². The third-order valence-corrected chi connectivity index (χ3v) is 10.8. The summed E-state index contributed by atoms with van der Waals surface area (Å²) in [6, 6.07) is 0. The van der Waals surface area contributed by atoms with Gasteiger partial charge in [0, 0.05) is 32.3 Å². The molecule has 9 heteroatoms. The van der Waals surface area contributed by atoms with Crippen molar-refractivity contribution in [2.45, 2.75) is 0 Å². The smallest absolute Gasteiger partial charge is 0.0796 e. The monoisotopic (exact) mass is 713 g/mol. The molecule has 21 heavy (non-hydrogen) atoms. The van der Waals surface area contributed by atoms with Gasteiger partial charge in [0.15, 0.2) is 0 Å². The zero-order valence-corrected chi connectivity index (χ0v) is 21.5. The van der Waals surface area contributed by atoms with Crippen molar-refractivity contribution in [1.29, 1.82) is 0 Å². The minimum atomic E-state index is 1.15. The molecule has 0 aliphatic heterocycles. The van der Waals surface area contributed by atoms with E-state index in [-0.39, 0.29) is 0 Å². The molecule has 0 amide bonds. The van der Waals surface area contributed by atoms with Gasteiger partial charge >= 0.3 is 0 Å². The standard InChI is InChI=1S/C12Br6S3/c13-7-1-2(8(14)19-7)4-6(12(18)21-11(4)17)5-3(1)9(15)20-10(5)16. The second kappa shape index (κ2) is 5.76. The topological polar surface area (TPSA) is 0 Å². The fraction of sp³-hybridized carbons (Fsp3) is 0. The van der Waals surface area contributed by atoms with E-state index in [4.69, 9.17) is 0 Å². The number of hydrogen-bond donors (Lipinski definition) is 0. The first-order valence-electron chi connectivity index (χ1n) is 5.36. The summed E-state index contributed by atoms with van der Waals surface area (Å²) in [6.45, 7) is 0. The van der Waals surface area contributed by atoms with Crippen molar-refractivity contribution in [3.8, 4) is 0 Å². The van der Waals surface area contributed by atoms with Crippen molar-refractivity contribution in [3.63, 3.8) is 0 Å². The van der Waals surface area contributed by atoms with Crippen LogP contribution < -0.4 is 0 Å². The van der Waals surface area contributed by atoms with Crippen molar-refractivity contribution >= 4 is 162 Å². The Bertz CT molecular complexity index is 813. The third kappa shape index (κ3) is 2.28. The van der Waals surface area contributed by atoms with E-state index >= 15 is 0 Å². The Kier molecular flexibility index (Phi) is 4.51. The Morgan fingerprint density at radius 2 is 0.476 bits per heavy atom. The van der Waals surface area contributed by atoms with Gasteiger partial charge in [-0.25, -0.2) is 0 Å². The molecular weight excluding hydrogens is 720 g/mol. The maximum absolute atomic E-state index is 3.73. The Morgan fingerprint density at radius 1 is 0.333 bits per heavy atom. The van der Waals surface area contributed by atoms with E-state index in [1.54, 1.807) is 34.0 Å². The van der Waals surface area contributed by atoms with E-state index < -0.39 is 0 Å². The van der Waals surface area contributed by atoms with E-state index in [2.05, 4.69) is 95.6 Å². The summed E-state index contributed by atoms with van der Waals surface area (Å²) in [7, 11) is 0. The van der Waals surface area contributed by atoms with Crippen LogP contribution in [0.2, 0.25) is 0 Å². The number of rotatable bonds is 0. The van der Waals surface area contributed by atoms with Crippen molar-refractivity contribution < 1.29 is 0 Å². The second-order valence-electron chi connectivity index (χ2n) is 4.20. The Balaban J connectivity index is 2.55. The molecule has 1 aromatic carbocycles. The van der Waals surface area contributed by atoms with Gasteiger partial charge in [0.25, 0.3) is 0 Å². The predicted molar refractivity (Wildman–Crippen MR) is 119 cm³/mol. The summed E-state index contributed by atoms with van der Waals surface area (Å²) in [5.74, 6) is 0. The van der Waals surface area contributed by atoms with Crippen LogP contribution in [0.25, 0.3) is 32.3 Å². The average molecular weight is 720 g/mol. The minimum Gasteiger partial charge on any atom is -0.120 e. The van der Waals surface area contributed by atoms with Crippen LogP contribution in [-0.2, 0) is 0 Å². The van der Waals surface area contributed by atoms with Crippen LogP contribution >= 0.6 is 130 Å². The van der Waals surface area contributed by atoms with Crippen LogP contribution in [0.1, 0.15) is 0 Å². The highest BCUT2D eigenvalue weighted by Crippen LogP contribution is 2.57. The summed E-state index contributed by atoms with van der Waals surface area (Å²) in [5, 5.41) is 7.55. The first-order chi connectivity index (χ1) is 9.91. The van der Waals surface area contributed by atoms with Crippen LogP contribution in [0.5, 0.6) is 0 Å². The van der Waals surface area contributed by atoms with Gasteiger partial charge in [-0.15, -0.1) is 34.0 Å². The molecule has 3 heterocycles. The lowest BCUT2D eigenvalue weighted by Crippen LogP contribution is -1.76. The number of thiophene rings is 3. The molecule has 108 valence electrons. The quantitative estimate of drug-likeness (QED) is 0.170. The SMILES string of the molecule is Brc1sc(Br)c2c1c1c(Br)sc(Br)c1c1c(Br)sc(Br)c21. The highest BCUT2D eigenvalue weighted by Gasteiger charge is 2.25. The molecule has 0 atom stereocenters. The molecule has 3 aromatic heterocycles. The fourth-order valence-electron chi connectivity index (χ4n) is 2.47. The molecular formula is C12Br6S3. The molecule has 0 unspecified atom stereocenters. The summed E-state index contributed by atoms with van der Waals surface area (Å²) in [4.78, 5) is 0. The van der Waals surface area contributed by atoms with E-state index in [0.29, 0.717) is 0 Å². The zero-order chi connectivity index (χ0) is 15.0. The van der Waals surface area contributed by atoms with Gasteiger partial charge in [0.2, 0.25) is 0 Å². The van der Waals surface area contributed by atoms with E-state index in [1.807, 2.05) is 0 Å².